The molecule has 1 fully saturated rings. The van der Waals surface area contributed by atoms with Crippen molar-refractivity contribution in [3.8, 4) is 0 Å². The first kappa shape index (κ1) is 11.6. The van der Waals surface area contributed by atoms with Crippen molar-refractivity contribution in [2.45, 2.75) is 25.0 Å². The molecule has 2 N–H and O–H groups in total. The third kappa shape index (κ3) is 3.04. The van der Waals surface area contributed by atoms with Crippen molar-refractivity contribution in [1.82, 2.24) is 4.90 Å². The maximum Gasteiger partial charge on any atom is 0.0916 e. The normalized spacial score (nSPS) is 20.9. The van der Waals surface area contributed by atoms with Gasteiger partial charge in [-0.2, -0.15) is 0 Å². The molecule has 1 aliphatic heterocycles. The average Bonchev–Trinajstić information content (AvgIpc) is 2.33. The van der Waals surface area contributed by atoms with Crippen LogP contribution in [-0.2, 0) is 0 Å². The van der Waals surface area contributed by atoms with Gasteiger partial charge in [0.1, 0.15) is 0 Å². The number of hydrogen-bond donors (Lipinski definition) is 2. The SMILES string of the molecule is OC1CCN(C[C@@H](O)c2ccccc2)CC1. The van der Waals surface area contributed by atoms with Crippen LogP contribution >= 0.6 is 0 Å². The fraction of sp³-hybridized carbons (Fsp3) is 0.538. The van der Waals surface area contributed by atoms with E-state index in [-0.39, 0.29) is 6.10 Å². The van der Waals surface area contributed by atoms with Gasteiger partial charge in [-0.05, 0) is 18.4 Å². The van der Waals surface area contributed by atoms with Gasteiger partial charge in [-0.15, -0.1) is 0 Å². The monoisotopic (exact) mass is 221 g/mol. The van der Waals surface area contributed by atoms with Crippen molar-refractivity contribution in [3.05, 3.63) is 35.9 Å². The Bertz CT molecular complexity index is 307. The number of rotatable bonds is 3. The minimum absolute atomic E-state index is 0.148. The summed E-state index contributed by atoms with van der Waals surface area (Å²) in [6.45, 7) is 2.42. The summed E-state index contributed by atoms with van der Waals surface area (Å²) in [5.41, 5.74) is 0.966. The van der Waals surface area contributed by atoms with Gasteiger partial charge in [0.25, 0.3) is 0 Å². The molecule has 0 aliphatic carbocycles. The third-order valence-electron chi connectivity index (χ3n) is 3.17. The Balaban J connectivity index is 1.86. The second-order valence-electron chi connectivity index (χ2n) is 4.46. The summed E-state index contributed by atoms with van der Waals surface area (Å²) in [5.74, 6) is 0. The average molecular weight is 221 g/mol. The highest BCUT2D eigenvalue weighted by molar-refractivity contribution is 5.17. The van der Waals surface area contributed by atoms with Crippen LogP contribution in [0.3, 0.4) is 0 Å². The molecule has 0 unspecified atom stereocenters. The molecule has 0 aromatic heterocycles. The Morgan fingerprint density at radius 3 is 2.44 bits per heavy atom. The lowest BCUT2D eigenvalue weighted by Crippen LogP contribution is -2.38. The number of β-amino-alcohol motifs (C(OH)–C–C–N with tert-alkyl or cyclic N) is 1. The van der Waals surface area contributed by atoms with E-state index < -0.39 is 6.10 Å². The van der Waals surface area contributed by atoms with E-state index in [9.17, 15) is 10.2 Å². The highest BCUT2D eigenvalue weighted by Gasteiger charge is 2.19. The molecule has 1 aromatic rings. The molecule has 1 atom stereocenters. The Labute approximate surface area is 96.3 Å². The van der Waals surface area contributed by atoms with Crippen molar-refractivity contribution < 1.29 is 10.2 Å². The van der Waals surface area contributed by atoms with Crippen LogP contribution in [0.1, 0.15) is 24.5 Å². The van der Waals surface area contributed by atoms with Crippen LogP contribution in [0.4, 0.5) is 0 Å². The topological polar surface area (TPSA) is 43.7 Å². The number of aliphatic hydroxyl groups is 2. The van der Waals surface area contributed by atoms with Crippen LogP contribution in [0.25, 0.3) is 0 Å². The summed E-state index contributed by atoms with van der Waals surface area (Å²) in [6, 6.07) is 9.73. The smallest absolute Gasteiger partial charge is 0.0916 e. The third-order valence-corrected chi connectivity index (χ3v) is 3.17. The fourth-order valence-corrected chi connectivity index (χ4v) is 2.13. The Hall–Kier alpha value is -0.900. The molecule has 0 bridgehead atoms. The Kier molecular flexibility index (Phi) is 3.93. The van der Waals surface area contributed by atoms with Crippen LogP contribution in [0, 0.1) is 0 Å². The van der Waals surface area contributed by atoms with Gasteiger partial charge in [0.05, 0.1) is 12.2 Å². The number of aliphatic hydroxyl groups excluding tert-OH is 2. The first-order valence-electron chi connectivity index (χ1n) is 5.89. The van der Waals surface area contributed by atoms with E-state index in [1.54, 1.807) is 0 Å². The van der Waals surface area contributed by atoms with Gasteiger partial charge in [-0.25, -0.2) is 0 Å². The van der Waals surface area contributed by atoms with Crippen LogP contribution in [-0.4, -0.2) is 40.9 Å². The van der Waals surface area contributed by atoms with Crippen molar-refractivity contribution in [1.29, 1.82) is 0 Å². The molecular weight excluding hydrogens is 202 g/mol. The molecule has 0 spiro atoms. The first-order valence-corrected chi connectivity index (χ1v) is 5.89. The molecule has 0 saturated carbocycles. The van der Waals surface area contributed by atoms with Crippen molar-refractivity contribution in [2.24, 2.45) is 0 Å². The summed E-state index contributed by atoms with van der Waals surface area (Å²) < 4.78 is 0. The van der Waals surface area contributed by atoms with E-state index in [0.717, 1.165) is 31.5 Å². The molecule has 0 radical (unpaired) electrons. The lowest BCUT2D eigenvalue weighted by Gasteiger charge is -2.31. The summed E-state index contributed by atoms with van der Waals surface area (Å²) in [6.07, 6.45) is 1.07. The number of benzene rings is 1. The molecule has 1 aliphatic rings. The van der Waals surface area contributed by atoms with E-state index in [2.05, 4.69) is 4.90 Å². The maximum absolute atomic E-state index is 10.0. The van der Waals surface area contributed by atoms with E-state index in [1.165, 1.54) is 0 Å². The number of nitrogens with zero attached hydrogens (tertiary/aromatic N) is 1. The van der Waals surface area contributed by atoms with Crippen LogP contribution in [0.15, 0.2) is 30.3 Å². The van der Waals surface area contributed by atoms with Gasteiger partial charge in [-0.3, -0.25) is 0 Å². The number of likely N-dealkylation sites (tertiary alicyclic amines) is 1. The number of piperidine rings is 1. The highest BCUT2D eigenvalue weighted by atomic mass is 16.3. The summed E-state index contributed by atoms with van der Waals surface area (Å²) in [7, 11) is 0. The van der Waals surface area contributed by atoms with Crippen LogP contribution in [0.2, 0.25) is 0 Å². The standard InChI is InChI=1S/C13H19NO2/c15-12-6-8-14(9-7-12)10-13(16)11-4-2-1-3-5-11/h1-5,12-13,15-16H,6-10H2/t13-/m1/s1. The molecule has 2 rings (SSSR count). The predicted molar refractivity (Wildman–Crippen MR) is 63.1 cm³/mol. The van der Waals surface area contributed by atoms with Gasteiger partial charge in [-0.1, -0.05) is 30.3 Å². The molecule has 1 saturated heterocycles. The largest absolute Gasteiger partial charge is 0.393 e. The van der Waals surface area contributed by atoms with E-state index in [0.29, 0.717) is 6.54 Å². The molecule has 3 nitrogen and oxygen atoms in total. The van der Waals surface area contributed by atoms with E-state index >= 15 is 0 Å². The second kappa shape index (κ2) is 5.43. The van der Waals surface area contributed by atoms with Gasteiger partial charge < -0.3 is 15.1 Å². The summed E-state index contributed by atoms with van der Waals surface area (Å²) in [4.78, 5) is 2.21. The first-order chi connectivity index (χ1) is 7.75. The predicted octanol–water partition coefficient (Wildman–Crippen LogP) is 1.18. The highest BCUT2D eigenvalue weighted by Crippen LogP contribution is 2.17. The van der Waals surface area contributed by atoms with E-state index in [1.807, 2.05) is 30.3 Å². The second-order valence-corrected chi connectivity index (χ2v) is 4.46. The van der Waals surface area contributed by atoms with E-state index in [4.69, 9.17) is 0 Å². The quantitative estimate of drug-likeness (QED) is 0.805. The summed E-state index contributed by atoms with van der Waals surface area (Å²) in [5, 5.41) is 19.4. The minimum Gasteiger partial charge on any atom is -0.393 e. The molecule has 1 heterocycles. The van der Waals surface area contributed by atoms with Crippen molar-refractivity contribution in [3.63, 3.8) is 0 Å². The molecule has 3 heteroatoms. The zero-order valence-electron chi connectivity index (χ0n) is 9.42. The maximum atomic E-state index is 10.0. The zero-order chi connectivity index (χ0) is 11.4. The molecule has 16 heavy (non-hydrogen) atoms. The summed E-state index contributed by atoms with van der Waals surface area (Å²) >= 11 is 0. The molecular formula is C13H19NO2. The molecule has 88 valence electrons. The Morgan fingerprint density at radius 1 is 1.19 bits per heavy atom. The molecule has 1 aromatic carbocycles. The Morgan fingerprint density at radius 2 is 1.81 bits per heavy atom. The lowest BCUT2D eigenvalue weighted by atomic mass is 10.1. The van der Waals surface area contributed by atoms with Gasteiger partial charge >= 0.3 is 0 Å². The number of hydrogen-bond acceptors (Lipinski definition) is 3. The molecule has 0 amide bonds. The van der Waals surface area contributed by atoms with Gasteiger partial charge in [0.15, 0.2) is 0 Å². The van der Waals surface area contributed by atoms with Crippen molar-refractivity contribution >= 4 is 0 Å². The fourth-order valence-electron chi connectivity index (χ4n) is 2.13. The van der Waals surface area contributed by atoms with Crippen molar-refractivity contribution in [2.75, 3.05) is 19.6 Å². The van der Waals surface area contributed by atoms with Gasteiger partial charge in [0, 0.05) is 19.6 Å². The lowest BCUT2D eigenvalue weighted by molar-refractivity contribution is 0.0508. The zero-order valence-corrected chi connectivity index (χ0v) is 9.42. The van der Waals surface area contributed by atoms with Crippen LogP contribution in [0.5, 0.6) is 0 Å². The van der Waals surface area contributed by atoms with Gasteiger partial charge in [0.2, 0.25) is 0 Å². The minimum atomic E-state index is -0.420. The van der Waals surface area contributed by atoms with Crippen LogP contribution < -0.4 is 0 Å².